The Morgan fingerprint density at radius 1 is 1.08 bits per heavy atom. The summed E-state index contributed by atoms with van der Waals surface area (Å²) in [7, 11) is 1.56. The number of halogens is 3. The average molecular weight is 513 g/mol. The van der Waals surface area contributed by atoms with Gasteiger partial charge >= 0.3 is 11.9 Å². The molecule has 8 nitrogen and oxygen atoms in total. The van der Waals surface area contributed by atoms with Gasteiger partial charge in [-0.3, -0.25) is 13.9 Å². The lowest BCUT2D eigenvalue weighted by Crippen LogP contribution is -2.53. The molecule has 200 valence electrons. The molecule has 36 heavy (non-hydrogen) atoms. The van der Waals surface area contributed by atoms with Gasteiger partial charge in [-0.05, 0) is 57.3 Å². The molecule has 2 heterocycles. The number of hydrogen-bond donors (Lipinski definition) is 1. The molecule has 0 spiro atoms. The van der Waals surface area contributed by atoms with Crippen LogP contribution in [0.15, 0.2) is 15.9 Å². The SMILES string of the molecule is Cn1c(=O)n(CC2(COC3CCCCC3)CCC(O)(C(F)(F)F)CC2)c(=O)c2c1ncn2CC1CC1. The largest absolute Gasteiger partial charge is 0.417 e. The molecule has 3 aliphatic rings. The van der Waals surface area contributed by atoms with Crippen molar-refractivity contribution in [2.75, 3.05) is 6.61 Å². The standard InChI is InChI=1S/C25H35F3N4O4/c1-30-20-19(31(16-29-20)13-17-7-8-17)21(33)32(22(30)34)14-23(15-36-18-5-3-2-4-6-18)9-11-24(35,12-10-23)25(26,27)28/h16-18,35H,2-15H2,1H3. The molecular weight excluding hydrogens is 477 g/mol. The predicted molar refractivity (Wildman–Crippen MR) is 127 cm³/mol. The van der Waals surface area contributed by atoms with Crippen LogP contribution in [-0.4, -0.2) is 48.3 Å². The van der Waals surface area contributed by atoms with E-state index in [1.807, 2.05) is 0 Å². The van der Waals surface area contributed by atoms with Gasteiger partial charge in [-0.1, -0.05) is 19.3 Å². The number of aryl methyl sites for hydroxylation is 1. The summed E-state index contributed by atoms with van der Waals surface area (Å²) in [6, 6.07) is 0. The molecule has 0 aromatic carbocycles. The number of rotatable bonds is 7. The van der Waals surface area contributed by atoms with E-state index in [0.29, 0.717) is 23.6 Å². The molecule has 0 saturated heterocycles. The summed E-state index contributed by atoms with van der Waals surface area (Å²) in [5, 5.41) is 10.3. The number of hydrogen-bond acceptors (Lipinski definition) is 5. The van der Waals surface area contributed by atoms with E-state index in [-0.39, 0.29) is 32.1 Å². The third kappa shape index (κ3) is 4.76. The van der Waals surface area contributed by atoms with Crippen molar-refractivity contribution in [3.63, 3.8) is 0 Å². The monoisotopic (exact) mass is 512 g/mol. The fraction of sp³-hybridized carbons (Fsp3) is 0.800. The minimum atomic E-state index is -4.73. The minimum Gasteiger partial charge on any atom is -0.380 e. The molecule has 0 amide bonds. The van der Waals surface area contributed by atoms with Gasteiger partial charge in [0.05, 0.1) is 19.0 Å². The molecule has 0 unspecified atom stereocenters. The smallest absolute Gasteiger partial charge is 0.380 e. The van der Waals surface area contributed by atoms with Crippen molar-refractivity contribution >= 4 is 11.2 Å². The van der Waals surface area contributed by atoms with E-state index in [9.17, 15) is 27.9 Å². The Hall–Kier alpha value is -2.14. The highest BCUT2D eigenvalue weighted by Crippen LogP contribution is 2.48. The van der Waals surface area contributed by atoms with Crippen molar-refractivity contribution in [1.82, 2.24) is 18.7 Å². The van der Waals surface area contributed by atoms with Gasteiger partial charge < -0.3 is 14.4 Å². The summed E-state index contributed by atoms with van der Waals surface area (Å²) in [6.07, 6.45) is 3.13. The van der Waals surface area contributed by atoms with Crippen molar-refractivity contribution < 1.29 is 23.0 Å². The van der Waals surface area contributed by atoms with Crippen molar-refractivity contribution in [3.05, 3.63) is 27.2 Å². The third-order valence-corrected chi connectivity index (χ3v) is 8.59. The summed E-state index contributed by atoms with van der Waals surface area (Å²) in [5.41, 5.74) is -3.98. The van der Waals surface area contributed by atoms with Crippen LogP contribution >= 0.6 is 0 Å². The second-order valence-corrected chi connectivity index (χ2v) is 11.3. The van der Waals surface area contributed by atoms with Crippen molar-refractivity contribution in [3.8, 4) is 0 Å². The molecule has 1 N–H and O–H groups in total. The molecule has 2 aromatic rings. The molecule has 0 bridgehead atoms. The maximum Gasteiger partial charge on any atom is 0.417 e. The molecule has 0 atom stereocenters. The maximum atomic E-state index is 13.6. The van der Waals surface area contributed by atoms with E-state index in [1.54, 1.807) is 17.9 Å². The van der Waals surface area contributed by atoms with Crippen LogP contribution in [0.2, 0.25) is 0 Å². The molecular formula is C25H35F3N4O4. The Morgan fingerprint density at radius 2 is 1.75 bits per heavy atom. The van der Waals surface area contributed by atoms with E-state index in [1.165, 1.54) is 4.57 Å². The molecule has 0 aliphatic heterocycles. The number of fused-ring (bicyclic) bond motifs is 1. The van der Waals surface area contributed by atoms with Crippen LogP contribution in [0.5, 0.6) is 0 Å². The Bertz CT molecular complexity index is 1210. The number of aromatic nitrogens is 4. The van der Waals surface area contributed by atoms with Gasteiger partial charge in [0.1, 0.15) is 0 Å². The van der Waals surface area contributed by atoms with Crippen LogP contribution < -0.4 is 11.2 Å². The molecule has 5 rings (SSSR count). The number of alkyl halides is 3. The van der Waals surface area contributed by atoms with Crippen LogP contribution in [0.1, 0.15) is 70.6 Å². The first-order chi connectivity index (χ1) is 17.0. The van der Waals surface area contributed by atoms with Gasteiger partial charge in [0.2, 0.25) is 0 Å². The van der Waals surface area contributed by atoms with Gasteiger partial charge in [-0.25, -0.2) is 9.78 Å². The molecule has 11 heteroatoms. The highest BCUT2D eigenvalue weighted by molar-refractivity contribution is 5.70. The van der Waals surface area contributed by atoms with Crippen molar-refractivity contribution in [2.45, 2.75) is 102 Å². The fourth-order valence-corrected chi connectivity index (χ4v) is 5.87. The summed E-state index contributed by atoms with van der Waals surface area (Å²) in [4.78, 5) is 31.2. The molecule has 0 radical (unpaired) electrons. The molecule has 3 fully saturated rings. The van der Waals surface area contributed by atoms with E-state index >= 15 is 0 Å². The lowest BCUT2D eigenvalue weighted by atomic mass is 9.68. The quantitative estimate of drug-likeness (QED) is 0.613. The van der Waals surface area contributed by atoms with Crippen LogP contribution in [0, 0.1) is 11.3 Å². The maximum absolute atomic E-state index is 13.6. The first-order valence-corrected chi connectivity index (χ1v) is 13.1. The van der Waals surface area contributed by atoms with Crippen LogP contribution in [0.3, 0.4) is 0 Å². The summed E-state index contributed by atoms with van der Waals surface area (Å²) < 4.78 is 51.2. The van der Waals surface area contributed by atoms with Crippen LogP contribution in [-0.2, 0) is 24.9 Å². The zero-order valence-corrected chi connectivity index (χ0v) is 20.7. The Labute approximate surface area is 207 Å². The normalized spacial score (nSPS) is 28.1. The number of aliphatic hydroxyl groups is 1. The van der Waals surface area contributed by atoms with Crippen molar-refractivity contribution in [1.29, 1.82) is 0 Å². The van der Waals surface area contributed by atoms with Gasteiger partial charge in [-0.15, -0.1) is 0 Å². The summed E-state index contributed by atoms with van der Waals surface area (Å²) in [5.74, 6) is 0.487. The van der Waals surface area contributed by atoms with Gasteiger partial charge in [-0.2, -0.15) is 13.2 Å². The predicted octanol–water partition coefficient (Wildman–Crippen LogP) is 3.51. The second kappa shape index (κ2) is 9.31. The zero-order valence-electron chi connectivity index (χ0n) is 20.7. The lowest BCUT2D eigenvalue weighted by molar-refractivity contribution is -0.277. The Balaban J connectivity index is 1.48. The zero-order chi connectivity index (χ0) is 25.7. The first-order valence-electron chi connectivity index (χ1n) is 13.1. The average Bonchev–Trinajstić information content (AvgIpc) is 3.57. The van der Waals surface area contributed by atoms with Gasteiger partial charge in [0.25, 0.3) is 5.56 Å². The Morgan fingerprint density at radius 3 is 2.36 bits per heavy atom. The van der Waals surface area contributed by atoms with E-state index in [2.05, 4.69) is 4.98 Å². The minimum absolute atomic E-state index is 0.00466. The number of imidazole rings is 1. The highest BCUT2D eigenvalue weighted by atomic mass is 19.4. The number of nitrogens with zero attached hydrogens (tertiary/aromatic N) is 4. The topological polar surface area (TPSA) is 91.3 Å². The van der Waals surface area contributed by atoms with Gasteiger partial charge in [0.15, 0.2) is 16.8 Å². The number of ether oxygens (including phenoxy) is 1. The van der Waals surface area contributed by atoms with Crippen LogP contribution in [0.25, 0.3) is 11.2 Å². The molecule has 3 saturated carbocycles. The third-order valence-electron chi connectivity index (χ3n) is 8.59. The Kier molecular flexibility index (Phi) is 6.60. The van der Waals surface area contributed by atoms with Gasteiger partial charge in [0, 0.05) is 25.6 Å². The summed E-state index contributed by atoms with van der Waals surface area (Å²) in [6.45, 7) is 0.753. The second-order valence-electron chi connectivity index (χ2n) is 11.3. The van der Waals surface area contributed by atoms with E-state index < -0.39 is 41.3 Å². The van der Waals surface area contributed by atoms with E-state index in [0.717, 1.165) is 49.5 Å². The fourth-order valence-electron chi connectivity index (χ4n) is 5.87. The van der Waals surface area contributed by atoms with Crippen molar-refractivity contribution in [2.24, 2.45) is 18.4 Å². The lowest BCUT2D eigenvalue weighted by Gasteiger charge is -2.45. The first kappa shape index (κ1) is 25.5. The summed E-state index contributed by atoms with van der Waals surface area (Å²) >= 11 is 0. The molecule has 3 aliphatic carbocycles. The van der Waals surface area contributed by atoms with E-state index in [4.69, 9.17) is 4.74 Å². The molecule has 2 aromatic heterocycles. The highest BCUT2D eigenvalue weighted by Gasteiger charge is 2.57. The van der Waals surface area contributed by atoms with Crippen LogP contribution in [0.4, 0.5) is 13.2 Å².